The molecule has 2 aromatic heterocycles. The number of phosphoric acid groups is 3. The second kappa shape index (κ2) is 9.15. The first-order chi connectivity index (χ1) is 15.5. The van der Waals surface area contributed by atoms with Crippen LogP contribution in [0.3, 0.4) is 0 Å². The van der Waals surface area contributed by atoms with Crippen LogP contribution in [0.4, 0.5) is 10.3 Å². The SMILES string of the molecule is Nc1nc2c(ccn2[C@@H]2O[C@H](COP(=O)(O)OP(=O)(O)OP(=O)(O)O)[C@H](O)C2(O)CF)c(=O)[nH]1. The van der Waals surface area contributed by atoms with E-state index < -0.39 is 66.3 Å². The van der Waals surface area contributed by atoms with Crippen molar-refractivity contribution in [2.45, 2.75) is 24.0 Å². The summed E-state index contributed by atoms with van der Waals surface area (Å²) in [5.74, 6) is -0.330. The molecule has 0 radical (unpaired) electrons. The number of H-pyrrole nitrogens is 1. The lowest BCUT2D eigenvalue weighted by atomic mass is 9.95. The first-order valence-electron chi connectivity index (χ1n) is 8.74. The van der Waals surface area contributed by atoms with E-state index in [2.05, 4.69) is 23.1 Å². The monoisotopic (exact) mass is 554 g/mol. The predicted molar refractivity (Wildman–Crippen MR) is 105 cm³/mol. The largest absolute Gasteiger partial charge is 0.490 e. The van der Waals surface area contributed by atoms with Gasteiger partial charge in [-0.05, 0) is 6.07 Å². The Balaban J connectivity index is 1.82. The molecule has 1 aliphatic rings. The van der Waals surface area contributed by atoms with Gasteiger partial charge in [0.25, 0.3) is 5.56 Å². The van der Waals surface area contributed by atoms with Crippen molar-refractivity contribution in [3.8, 4) is 0 Å². The molecule has 22 heteroatoms. The molecule has 34 heavy (non-hydrogen) atoms. The van der Waals surface area contributed by atoms with Crippen LogP contribution in [-0.4, -0.2) is 75.4 Å². The van der Waals surface area contributed by atoms with Gasteiger partial charge in [0.2, 0.25) is 5.95 Å². The zero-order valence-corrected chi connectivity index (χ0v) is 19.1. The lowest BCUT2D eigenvalue weighted by molar-refractivity contribution is -0.118. The maximum atomic E-state index is 13.8. The van der Waals surface area contributed by atoms with Crippen molar-refractivity contribution in [1.82, 2.24) is 14.5 Å². The number of aliphatic hydroxyl groups excluding tert-OH is 1. The number of hydrogen-bond donors (Lipinski definition) is 8. The Morgan fingerprint density at radius 1 is 1.24 bits per heavy atom. The Morgan fingerprint density at radius 3 is 2.47 bits per heavy atom. The standard InChI is InChI=1S/C12H18FN4O14P3/c13-4-12(20)7(18)6(3-28-33(24,25)31-34(26,27)30-32(21,22)23)29-10(12)17-2-1-5-8(17)15-11(14)16-9(5)19/h1-2,6-7,10,18,20H,3-4H2,(H,24,25)(H,26,27)(H2,21,22,23)(H3,14,15,16,19)/t6-,7+,10-,12?/m1/s1. The molecule has 3 rings (SSSR count). The molecule has 0 saturated carbocycles. The van der Waals surface area contributed by atoms with Crippen LogP contribution in [0.25, 0.3) is 11.0 Å². The average Bonchev–Trinajstić information content (AvgIpc) is 3.17. The third-order valence-corrected chi connectivity index (χ3v) is 8.28. The molecule has 9 N–H and O–H groups in total. The van der Waals surface area contributed by atoms with E-state index in [1.165, 1.54) is 6.07 Å². The summed E-state index contributed by atoms with van der Waals surface area (Å²) in [6.07, 6.45) is -4.51. The number of fused-ring (bicyclic) bond motifs is 1. The van der Waals surface area contributed by atoms with Gasteiger partial charge in [-0.25, -0.2) is 18.1 Å². The Kier molecular flexibility index (Phi) is 7.27. The molecule has 0 amide bonds. The maximum absolute atomic E-state index is 13.8. The number of anilines is 1. The highest BCUT2D eigenvalue weighted by Gasteiger charge is 2.57. The van der Waals surface area contributed by atoms with E-state index in [9.17, 15) is 38.0 Å². The van der Waals surface area contributed by atoms with Crippen LogP contribution in [0.2, 0.25) is 0 Å². The fraction of sp³-hybridized carbons (Fsp3) is 0.500. The van der Waals surface area contributed by atoms with Crippen molar-refractivity contribution in [2.24, 2.45) is 0 Å². The zero-order chi connectivity index (χ0) is 25.7. The van der Waals surface area contributed by atoms with E-state index in [4.69, 9.17) is 25.2 Å². The zero-order valence-electron chi connectivity index (χ0n) is 16.4. The lowest BCUT2D eigenvalue weighted by Gasteiger charge is -2.29. The van der Waals surface area contributed by atoms with E-state index in [-0.39, 0.29) is 17.0 Å². The van der Waals surface area contributed by atoms with Gasteiger partial charge < -0.3 is 44.8 Å². The van der Waals surface area contributed by atoms with Crippen LogP contribution in [0.1, 0.15) is 6.23 Å². The molecule has 192 valence electrons. The minimum atomic E-state index is -5.80. The van der Waals surface area contributed by atoms with Crippen LogP contribution in [0.15, 0.2) is 17.1 Å². The summed E-state index contributed by atoms with van der Waals surface area (Å²) in [6, 6.07) is 1.23. The van der Waals surface area contributed by atoms with Crippen molar-refractivity contribution in [3.05, 3.63) is 22.6 Å². The number of ether oxygens (including phenoxy) is 1. The summed E-state index contributed by atoms with van der Waals surface area (Å²) in [4.78, 5) is 53.8. The van der Waals surface area contributed by atoms with E-state index in [0.29, 0.717) is 0 Å². The molecule has 1 fully saturated rings. The van der Waals surface area contributed by atoms with E-state index in [1.807, 2.05) is 0 Å². The number of halogens is 1. The molecule has 6 atom stereocenters. The van der Waals surface area contributed by atoms with E-state index >= 15 is 0 Å². The number of aliphatic hydroxyl groups is 2. The number of aromatic amines is 1. The summed E-state index contributed by atoms with van der Waals surface area (Å²) in [7, 11) is -17.0. The van der Waals surface area contributed by atoms with Crippen LogP contribution in [0, 0.1) is 0 Å². The van der Waals surface area contributed by atoms with Gasteiger partial charge in [0.05, 0.1) is 12.0 Å². The molecule has 2 aromatic rings. The lowest BCUT2D eigenvalue weighted by Crippen LogP contribution is -2.49. The predicted octanol–water partition coefficient (Wildman–Crippen LogP) is -1.39. The molecule has 3 unspecified atom stereocenters. The van der Waals surface area contributed by atoms with Crippen LogP contribution in [-0.2, 0) is 31.6 Å². The van der Waals surface area contributed by atoms with Crippen molar-refractivity contribution in [2.75, 3.05) is 19.0 Å². The maximum Gasteiger partial charge on any atom is 0.490 e. The van der Waals surface area contributed by atoms with E-state index in [1.54, 1.807) is 0 Å². The van der Waals surface area contributed by atoms with Gasteiger partial charge in [0.1, 0.15) is 18.9 Å². The average molecular weight is 554 g/mol. The van der Waals surface area contributed by atoms with Crippen molar-refractivity contribution < 1.29 is 65.8 Å². The minimum Gasteiger partial charge on any atom is -0.387 e. The van der Waals surface area contributed by atoms with Gasteiger partial charge in [0, 0.05) is 6.20 Å². The smallest absolute Gasteiger partial charge is 0.387 e. The molecule has 0 spiro atoms. The highest BCUT2D eigenvalue weighted by atomic mass is 31.3. The Bertz CT molecular complexity index is 1280. The summed E-state index contributed by atoms with van der Waals surface area (Å²) in [6.45, 7) is -2.79. The second-order valence-corrected chi connectivity index (χ2v) is 11.3. The summed E-state index contributed by atoms with van der Waals surface area (Å²) in [5, 5.41) is 21.0. The number of hydrogen-bond acceptors (Lipinski definition) is 12. The number of rotatable bonds is 9. The number of aromatic nitrogens is 3. The number of nitrogens with one attached hydrogen (secondary N) is 1. The number of nitrogens with zero attached hydrogens (tertiary/aromatic N) is 2. The topological polar surface area (TPSA) is 286 Å². The third kappa shape index (κ3) is 5.63. The Hall–Kier alpha value is -1.56. The minimum absolute atomic E-state index is 0.0368. The highest BCUT2D eigenvalue weighted by Crippen LogP contribution is 2.66. The quantitative estimate of drug-likeness (QED) is 0.166. The molecule has 1 aliphatic heterocycles. The van der Waals surface area contributed by atoms with Crippen LogP contribution >= 0.6 is 23.5 Å². The summed E-state index contributed by atoms with van der Waals surface area (Å²) >= 11 is 0. The summed E-state index contributed by atoms with van der Waals surface area (Å²) in [5.41, 5.74) is 1.95. The molecule has 0 bridgehead atoms. The molecule has 0 aromatic carbocycles. The van der Waals surface area contributed by atoms with Gasteiger partial charge in [-0.15, -0.1) is 0 Å². The van der Waals surface area contributed by atoms with Gasteiger partial charge in [-0.2, -0.15) is 13.6 Å². The first-order valence-corrected chi connectivity index (χ1v) is 13.3. The van der Waals surface area contributed by atoms with Gasteiger partial charge in [-0.1, -0.05) is 0 Å². The molecule has 1 saturated heterocycles. The Labute approximate surface area is 187 Å². The number of nitrogens with two attached hydrogens (primary N) is 1. The number of phosphoric ester groups is 1. The van der Waals surface area contributed by atoms with Gasteiger partial charge in [0.15, 0.2) is 17.5 Å². The van der Waals surface area contributed by atoms with Gasteiger partial charge >= 0.3 is 23.5 Å². The third-order valence-electron chi connectivity index (χ3n) is 4.48. The first kappa shape index (κ1) is 27.0. The molecule has 3 heterocycles. The number of alkyl halides is 1. The molecule has 18 nitrogen and oxygen atoms in total. The summed E-state index contributed by atoms with van der Waals surface area (Å²) < 4.78 is 65.5. The van der Waals surface area contributed by atoms with Gasteiger partial charge in [-0.3, -0.25) is 14.3 Å². The molecular weight excluding hydrogens is 536 g/mol. The molecular formula is C12H18FN4O14P3. The van der Waals surface area contributed by atoms with Crippen molar-refractivity contribution >= 4 is 40.4 Å². The molecule has 0 aliphatic carbocycles. The van der Waals surface area contributed by atoms with Crippen molar-refractivity contribution in [1.29, 1.82) is 0 Å². The van der Waals surface area contributed by atoms with Crippen molar-refractivity contribution in [3.63, 3.8) is 0 Å². The fourth-order valence-electron chi connectivity index (χ4n) is 3.13. The second-order valence-electron chi connectivity index (χ2n) is 6.89. The fourth-order valence-corrected chi connectivity index (χ4v) is 6.16. The Morgan fingerprint density at radius 2 is 1.88 bits per heavy atom. The van der Waals surface area contributed by atoms with Crippen LogP contribution in [0.5, 0.6) is 0 Å². The van der Waals surface area contributed by atoms with E-state index in [0.717, 1.165) is 10.8 Å². The normalized spacial score (nSPS) is 29.2. The van der Waals surface area contributed by atoms with Crippen LogP contribution < -0.4 is 11.3 Å². The highest BCUT2D eigenvalue weighted by molar-refractivity contribution is 7.66. The number of nitrogen functional groups attached to an aromatic ring is 1.